The third-order valence-corrected chi connectivity index (χ3v) is 3.92. The zero-order valence-electron chi connectivity index (χ0n) is 14.4. The number of hydrazone groups is 1. The number of nitrogens with one attached hydrogen (secondary N) is 2. The Morgan fingerprint density at radius 2 is 1.69 bits per heavy atom. The standard InChI is InChI=1S/C21H19N3O2/c1-15(25)17-8-6-16(7-9-17)13-23-24-21(26)14-22-20-11-10-18-4-2-3-5-19(18)12-20/h2-13,22H,14H2,1H3,(H,24,26)/b23-13+. The van der Waals surface area contributed by atoms with Crippen LogP contribution in [-0.2, 0) is 4.79 Å². The van der Waals surface area contributed by atoms with E-state index in [1.54, 1.807) is 24.3 Å². The molecule has 3 rings (SSSR count). The normalized spacial score (nSPS) is 10.8. The summed E-state index contributed by atoms with van der Waals surface area (Å²) in [5.41, 5.74) is 4.80. The summed E-state index contributed by atoms with van der Waals surface area (Å²) in [6.45, 7) is 1.64. The van der Waals surface area contributed by atoms with Crippen LogP contribution in [0, 0.1) is 0 Å². The molecule has 0 atom stereocenters. The Bertz CT molecular complexity index is 962. The Labute approximate surface area is 151 Å². The highest BCUT2D eigenvalue weighted by Crippen LogP contribution is 2.18. The van der Waals surface area contributed by atoms with Crippen molar-refractivity contribution >= 4 is 34.4 Å². The lowest BCUT2D eigenvalue weighted by molar-refractivity contribution is -0.119. The molecule has 0 radical (unpaired) electrons. The van der Waals surface area contributed by atoms with E-state index in [9.17, 15) is 9.59 Å². The van der Waals surface area contributed by atoms with E-state index in [1.165, 1.54) is 13.1 Å². The highest BCUT2D eigenvalue weighted by atomic mass is 16.2. The zero-order chi connectivity index (χ0) is 18.4. The molecule has 0 fully saturated rings. The summed E-state index contributed by atoms with van der Waals surface area (Å²) in [7, 11) is 0. The van der Waals surface area contributed by atoms with Gasteiger partial charge in [-0.2, -0.15) is 5.10 Å². The van der Waals surface area contributed by atoms with Gasteiger partial charge in [-0.25, -0.2) is 5.43 Å². The molecule has 3 aromatic rings. The van der Waals surface area contributed by atoms with Crippen LogP contribution in [0.2, 0.25) is 0 Å². The molecule has 26 heavy (non-hydrogen) atoms. The molecule has 5 nitrogen and oxygen atoms in total. The van der Waals surface area contributed by atoms with Crippen LogP contribution in [0.25, 0.3) is 10.8 Å². The summed E-state index contributed by atoms with van der Waals surface area (Å²) in [5, 5.41) is 9.28. The molecule has 0 aromatic heterocycles. The zero-order valence-corrected chi connectivity index (χ0v) is 14.4. The van der Waals surface area contributed by atoms with E-state index >= 15 is 0 Å². The number of anilines is 1. The van der Waals surface area contributed by atoms with Crippen molar-refractivity contribution in [2.45, 2.75) is 6.92 Å². The monoisotopic (exact) mass is 345 g/mol. The number of hydrogen-bond donors (Lipinski definition) is 2. The molecule has 0 saturated carbocycles. The number of Topliss-reactive ketones (excluding diaryl/α,β-unsaturated/α-hetero) is 1. The minimum Gasteiger partial charge on any atom is -0.376 e. The van der Waals surface area contributed by atoms with Crippen molar-refractivity contribution in [1.29, 1.82) is 0 Å². The van der Waals surface area contributed by atoms with Gasteiger partial charge < -0.3 is 5.32 Å². The fourth-order valence-corrected chi connectivity index (χ4v) is 2.50. The summed E-state index contributed by atoms with van der Waals surface area (Å²) in [4.78, 5) is 23.1. The van der Waals surface area contributed by atoms with E-state index in [-0.39, 0.29) is 18.2 Å². The van der Waals surface area contributed by atoms with E-state index in [2.05, 4.69) is 15.8 Å². The van der Waals surface area contributed by atoms with Crippen LogP contribution < -0.4 is 10.7 Å². The first-order valence-corrected chi connectivity index (χ1v) is 8.27. The van der Waals surface area contributed by atoms with Crippen LogP contribution in [0.4, 0.5) is 5.69 Å². The van der Waals surface area contributed by atoms with Crippen LogP contribution in [0.5, 0.6) is 0 Å². The smallest absolute Gasteiger partial charge is 0.259 e. The second kappa shape index (κ2) is 8.07. The van der Waals surface area contributed by atoms with E-state index in [0.717, 1.165) is 22.0 Å². The average molecular weight is 345 g/mol. The Hall–Kier alpha value is -3.47. The van der Waals surface area contributed by atoms with Crippen molar-refractivity contribution in [2.75, 3.05) is 11.9 Å². The van der Waals surface area contributed by atoms with Crippen LogP contribution in [-0.4, -0.2) is 24.4 Å². The minimum atomic E-state index is -0.241. The third kappa shape index (κ3) is 4.54. The third-order valence-electron chi connectivity index (χ3n) is 3.92. The number of fused-ring (bicyclic) bond motifs is 1. The highest BCUT2D eigenvalue weighted by molar-refractivity contribution is 5.95. The number of nitrogens with zero attached hydrogens (tertiary/aromatic N) is 1. The van der Waals surface area contributed by atoms with Gasteiger partial charge in [0, 0.05) is 11.3 Å². The summed E-state index contributed by atoms with van der Waals surface area (Å²) >= 11 is 0. The Morgan fingerprint density at radius 1 is 0.962 bits per heavy atom. The van der Waals surface area contributed by atoms with Crippen LogP contribution >= 0.6 is 0 Å². The summed E-state index contributed by atoms with van der Waals surface area (Å²) in [5.74, 6) is -0.226. The number of carbonyl (C=O) groups is 2. The lowest BCUT2D eigenvalue weighted by Crippen LogP contribution is -2.25. The summed E-state index contributed by atoms with van der Waals surface area (Å²) in [6.07, 6.45) is 1.54. The van der Waals surface area contributed by atoms with Gasteiger partial charge in [0.15, 0.2) is 5.78 Å². The minimum absolute atomic E-state index is 0.0153. The van der Waals surface area contributed by atoms with Crippen LogP contribution in [0.3, 0.4) is 0 Å². The number of benzene rings is 3. The predicted molar refractivity (Wildman–Crippen MR) is 105 cm³/mol. The molecule has 1 amide bonds. The van der Waals surface area contributed by atoms with Crippen molar-refractivity contribution in [2.24, 2.45) is 5.10 Å². The van der Waals surface area contributed by atoms with Gasteiger partial charge in [0.05, 0.1) is 12.8 Å². The number of carbonyl (C=O) groups excluding carboxylic acids is 2. The lowest BCUT2D eigenvalue weighted by atomic mass is 10.1. The maximum absolute atomic E-state index is 11.9. The van der Waals surface area contributed by atoms with Crippen LogP contribution in [0.15, 0.2) is 71.8 Å². The molecule has 0 aliphatic carbocycles. The SMILES string of the molecule is CC(=O)c1ccc(/C=N/NC(=O)CNc2ccc3ccccc3c2)cc1. The van der Waals surface area contributed by atoms with Crippen molar-refractivity contribution in [1.82, 2.24) is 5.43 Å². The van der Waals surface area contributed by atoms with Gasteiger partial charge in [-0.05, 0) is 35.4 Å². The van der Waals surface area contributed by atoms with Gasteiger partial charge in [0.1, 0.15) is 0 Å². The first-order chi connectivity index (χ1) is 12.6. The number of ketones is 1. The molecule has 2 N–H and O–H groups in total. The molecule has 0 aliphatic heterocycles. The van der Waals surface area contributed by atoms with Gasteiger partial charge in [-0.3, -0.25) is 9.59 Å². The first kappa shape index (κ1) is 17.4. The molecule has 0 aliphatic rings. The first-order valence-electron chi connectivity index (χ1n) is 8.27. The molecular weight excluding hydrogens is 326 g/mol. The van der Waals surface area contributed by atoms with Crippen molar-refractivity contribution in [3.8, 4) is 0 Å². The fraction of sp³-hybridized carbons (Fsp3) is 0.0952. The molecule has 0 bridgehead atoms. The lowest BCUT2D eigenvalue weighted by Gasteiger charge is -2.06. The van der Waals surface area contributed by atoms with Crippen molar-refractivity contribution in [3.63, 3.8) is 0 Å². The van der Waals surface area contributed by atoms with E-state index in [4.69, 9.17) is 0 Å². The number of amides is 1. The number of rotatable bonds is 6. The maximum Gasteiger partial charge on any atom is 0.259 e. The Kier molecular flexibility index (Phi) is 5.39. The number of hydrogen-bond acceptors (Lipinski definition) is 4. The maximum atomic E-state index is 11.9. The largest absolute Gasteiger partial charge is 0.376 e. The fourth-order valence-electron chi connectivity index (χ4n) is 2.50. The summed E-state index contributed by atoms with van der Waals surface area (Å²) in [6, 6.07) is 21.0. The quantitative estimate of drug-likeness (QED) is 0.407. The Morgan fingerprint density at radius 3 is 2.42 bits per heavy atom. The van der Waals surface area contributed by atoms with Gasteiger partial charge in [0.2, 0.25) is 0 Å². The second-order valence-electron chi connectivity index (χ2n) is 5.89. The molecule has 0 spiro atoms. The molecule has 0 saturated heterocycles. The predicted octanol–water partition coefficient (Wildman–Crippen LogP) is 3.60. The Balaban J connectivity index is 1.51. The molecule has 130 valence electrons. The van der Waals surface area contributed by atoms with Gasteiger partial charge in [0.25, 0.3) is 5.91 Å². The van der Waals surface area contributed by atoms with E-state index in [0.29, 0.717) is 5.56 Å². The topological polar surface area (TPSA) is 70.6 Å². The van der Waals surface area contributed by atoms with Gasteiger partial charge in [-0.15, -0.1) is 0 Å². The van der Waals surface area contributed by atoms with Gasteiger partial charge >= 0.3 is 0 Å². The van der Waals surface area contributed by atoms with Crippen molar-refractivity contribution in [3.05, 3.63) is 77.9 Å². The molecular formula is C21H19N3O2. The van der Waals surface area contributed by atoms with Gasteiger partial charge in [-0.1, -0.05) is 54.6 Å². The molecule has 0 unspecified atom stereocenters. The van der Waals surface area contributed by atoms with E-state index in [1.807, 2.05) is 42.5 Å². The average Bonchev–Trinajstić information content (AvgIpc) is 2.66. The molecule has 5 heteroatoms. The van der Waals surface area contributed by atoms with Crippen LogP contribution in [0.1, 0.15) is 22.8 Å². The van der Waals surface area contributed by atoms with E-state index < -0.39 is 0 Å². The summed E-state index contributed by atoms with van der Waals surface area (Å²) < 4.78 is 0. The molecule has 0 heterocycles. The second-order valence-corrected chi connectivity index (χ2v) is 5.89. The van der Waals surface area contributed by atoms with Crippen molar-refractivity contribution < 1.29 is 9.59 Å². The highest BCUT2D eigenvalue weighted by Gasteiger charge is 2.01. The molecule has 3 aromatic carbocycles.